The molecule has 0 amide bonds. The Balaban J connectivity index is 1.98. The molecule has 1 aromatic heterocycles. The van der Waals surface area contributed by atoms with Gasteiger partial charge in [0.25, 0.3) is 0 Å². The first kappa shape index (κ1) is 11.9. The van der Waals surface area contributed by atoms with E-state index < -0.39 is 5.97 Å². The third-order valence-electron chi connectivity index (χ3n) is 2.90. The second-order valence-electron chi connectivity index (χ2n) is 4.29. The molecule has 0 bridgehead atoms. The number of pyridine rings is 1. The lowest BCUT2D eigenvalue weighted by atomic mass is 10.1. The molecule has 2 heterocycles. The molecule has 1 aromatic rings. The average Bonchev–Trinajstić information content (AvgIpc) is 2.32. The van der Waals surface area contributed by atoms with Gasteiger partial charge in [-0.1, -0.05) is 6.07 Å². The first-order chi connectivity index (χ1) is 8.15. The molecule has 1 aliphatic rings. The highest BCUT2D eigenvalue weighted by Gasteiger charge is 2.18. The number of hydrogen-bond donors (Lipinski definition) is 1. The molecule has 1 aliphatic heterocycles. The third kappa shape index (κ3) is 3.17. The molecule has 5 heteroatoms. The molecule has 0 saturated carbocycles. The van der Waals surface area contributed by atoms with E-state index >= 15 is 0 Å². The zero-order chi connectivity index (χ0) is 12.3. The van der Waals surface area contributed by atoms with Crippen LogP contribution in [0.3, 0.4) is 0 Å². The predicted molar refractivity (Wildman–Crippen MR) is 62.3 cm³/mol. The number of likely N-dealkylation sites (tertiary alicyclic amines) is 1. The van der Waals surface area contributed by atoms with Crippen LogP contribution in [0, 0.1) is 0 Å². The molecule has 0 aromatic carbocycles. The number of rotatable bonds is 3. The van der Waals surface area contributed by atoms with E-state index in [4.69, 9.17) is 9.84 Å². The molecule has 0 aliphatic carbocycles. The lowest BCUT2D eigenvalue weighted by molar-refractivity contribution is 0.0685. The van der Waals surface area contributed by atoms with Gasteiger partial charge in [0.2, 0.25) is 5.88 Å². The Morgan fingerprint density at radius 2 is 2.18 bits per heavy atom. The third-order valence-corrected chi connectivity index (χ3v) is 2.90. The Morgan fingerprint density at radius 3 is 2.82 bits per heavy atom. The minimum absolute atomic E-state index is 0.0235. The normalized spacial score (nSPS) is 17.9. The minimum atomic E-state index is -1.03. The summed E-state index contributed by atoms with van der Waals surface area (Å²) in [7, 11) is 2.08. The van der Waals surface area contributed by atoms with Crippen LogP contribution in [0.5, 0.6) is 5.88 Å². The molecule has 5 nitrogen and oxygen atoms in total. The van der Waals surface area contributed by atoms with Crippen molar-refractivity contribution in [1.29, 1.82) is 0 Å². The highest BCUT2D eigenvalue weighted by Crippen LogP contribution is 2.16. The molecule has 0 spiro atoms. The Morgan fingerprint density at radius 1 is 1.47 bits per heavy atom. The van der Waals surface area contributed by atoms with E-state index in [9.17, 15) is 4.79 Å². The van der Waals surface area contributed by atoms with Crippen LogP contribution in [0.25, 0.3) is 0 Å². The number of aromatic carboxylic acids is 1. The van der Waals surface area contributed by atoms with Gasteiger partial charge in [-0.3, -0.25) is 0 Å². The maximum atomic E-state index is 10.8. The summed E-state index contributed by atoms with van der Waals surface area (Å²) >= 11 is 0. The highest BCUT2D eigenvalue weighted by atomic mass is 16.5. The van der Waals surface area contributed by atoms with Gasteiger partial charge in [-0.2, -0.15) is 0 Å². The zero-order valence-corrected chi connectivity index (χ0v) is 9.80. The van der Waals surface area contributed by atoms with Gasteiger partial charge in [-0.05, 0) is 26.0 Å². The Labute approximate surface area is 100 Å². The summed E-state index contributed by atoms with van der Waals surface area (Å²) in [6.45, 7) is 2.01. The lowest BCUT2D eigenvalue weighted by Crippen LogP contribution is -2.35. The quantitative estimate of drug-likeness (QED) is 0.855. The van der Waals surface area contributed by atoms with Crippen LogP contribution >= 0.6 is 0 Å². The maximum Gasteiger partial charge on any atom is 0.354 e. The van der Waals surface area contributed by atoms with E-state index in [1.165, 1.54) is 6.07 Å². The number of carboxylic acids is 1. The number of carbonyl (C=O) groups is 1. The van der Waals surface area contributed by atoms with Crippen molar-refractivity contribution in [2.45, 2.75) is 18.9 Å². The fraction of sp³-hybridized carbons (Fsp3) is 0.500. The van der Waals surface area contributed by atoms with Gasteiger partial charge in [-0.25, -0.2) is 9.78 Å². The molecule has 92 valence electrons. The maximum absolute atomic E-state index is 10.8. The summed E-state index contributed by atoms with van der Waals surface area (Å²) in [5.41, 5.74) is 0.0235. The van der Waals surface area contributed by atoms with Crippen molar-refractivity contribution in [2.24, 2.45) is 0 Å². The van der Waals surface area contributed by atoms with Crippen LogP contribution < -0.4 is 4.74 Å². The van der Waals surface area contributed by atoms with Gasteiger partial charge in [0.05, 0.1) is 0 Å². The summed E-state index contributed by atoms with van der Waals surface area (Å²) in [6.07, 6.45) is 2.05. The number of piperidine rings is 1. The Hall–Kier alpha value is -1.62. The monoisotopic (exact) mass is 236 g/mol. The van der Waals surface area contributed by atoms with Crippen LogP contribution in [0.1, 0.15) is 23.3 Å². The summed E-state index contributed by atoms with van der Waals surface area (Å²) < 4.78 is 5.69. The highest BCUT2D eigenvalue weighted by molar-refractivity contribution is 5.85. The van der Waals surface area contributed by atoms with Gasteiger partial charge in [0.1, 0.15) is 6.10 Å². The van der Waals surface area contributed by atoms with Gasteiger partial charge in [0, 0.05) is 19.2 Å². The van der Waals surface area contributed by atoms with Crippen LogP contribution in [-0.4, -0.2) is 47.2 Å². The molecule has 0 unspecified atom stereocenters. The van der Waals surface area contributed by atoms with Gasteiger partial charge < -0.3 is 14.7 Å². The second kappa shape index (κ2) is 5.14. The second-order valence-corrected chi connectivity index (χ2v) is 4.29. The van der Waals surface area contributed by atoms with Gasteiger partial charge in [-0.15, -0.1) is 0 Å². The average molecular weight is 236 g/mol. The lowest BCUT2D eigenvalue weighted by Gasteiger charge is -2.28. The zero-order valence-electron chi connectivity index (χ0n) is 9.80. The number of ether oxygens (including phenoxy) is 1. The van der Waals surface area contributed by atoms with Crippen molar-refractivity contribution in [3.63, 3.8) is 0 Å². The number of nitrogens with zero attached hydrogens (tertiary/aromatic N) is 2. The molecule has 17 heavy (non-hydrogen) atoms. The fourth-order valence-electron chi connectivity index (χ4n) is 1.87. The molecule has 0 atom stereocenters. The minimum Gasteiger partial charge on any atom is -0.477 e. The smallest absolute Gasteiger partial charge is 0.354 e. The molecule has 2 rings (SSSR count). The SMILES string of the molecule is CN1CCC(Oc2cccc(C(=O)O)n2)CC1. The molecule has 1 fully saturated rings. The van der Waals surface area contributed by atoms with Crippen LogP contribution in [0.2, 0.25) is 0 Å². The summed E-state index contributed by atoms with van der Waals surface area (Å²) in [5, 5.41) is 8.83. The van der Waals surface area contributed by atoms with Crippen molar-refractivity contribution < 1.29 is 14.6 Å². The van der Waals surface area contributed by atoms with E-state index in [2.05, 4.69) is 16.9 Å². The Kier molecular flexibility index (Phi) is 3.58. The van der Waals surface area contributed by atoms with Crippen molar-refractivity contribution in [3.05, 3.63) is 23.9 Å². The van der Waals surface area contributed by atoms with Crippen LogP contribution in [0.15, 0.2) is 18.2 Å². The van der Waals surface area contributed by atoms with E-state index in [1.807, 2.05) is 0 Å². The molecule has 1 saturated heterocycles. The van der Waals surface area contributed by atoms with Gasteiger partial charge >= 0.3 is 5.97 Å². The summed E-state index contributed by atoms with van der Waals surface area (Å²) in [6, 6.07) is 4.81. The first-order valence-electron chi connectivity index (χ1n) is 5.70. The van der Waals surface area contributed by atoms with E-state index in [-0.39, 0.29) is 11.8 Å². The largest absolute Gasteiger partial charge is 0.477 e. The predicted octanol–water partition coefficient (Wildman–Crippen LogP) is 1.25. The van der Waals surface area contributed by atoms with Crippen molar-refractivity contribution in [3.8, 4) is 5.88 Å². The summed E-state index contributed by atoms with van der Waals surface area (Å²) in [4.78, 5) is 17.0. The van der Waals surface area contributed by atoms with Crippen molar-refractivity contribution >= 4 is 5.97 Å². The molecule has 1 N–H and O–H groups in total. The topological polar surface area (TPSA) is 62.7 Å². The molecule has 0 radical (unpaired) electrons. The fourth-order valence-corrected chi connectivity index (χ4v) is 1.87. The van der Waals surface area contributed by atoms with E-state index in [0.717, 1.165) is 25.9 Å². The molecular formula is C12H16N2O3. The van der Waals surface area contributed by atoms with Crippen LogP contribution in [0.4, 0.5) is 0 Å². The van der Waals surface area contributed by atoms with E-state index in [1.54, 1.807) is 12.1 Å². The Bertz CT molecular complexity index is 400. The first-order valence-corrected chi connectivity index (χ1v) is 5.70. The number of aromatic nitrogens is 1. The van der Waals surface area contributed by atoms with E-state index in [0.29, 0.717) is 5.88 Å². The molecular weight excluding hydrogens is 220 g/mol. The standard InChI is InChI=1S/C12H16N2O3/c1-14-7-5-9(6-8-14)17-11-4-2-3-10(13-11)12(15)16/h2-4,9H,5-8H2,1H3,(H,15,16). The number of hydrogen-bond acceptors (Lipinski definition) is 4. The van der Waals surface area contributed by atoms with Crippen LogP contribution in [-0.2, 0) is 0 Å². The van der Waals surface area contributed by atoms with Crippen molar-refractivity contribution in [2.75, 3.05) is 20.1 Å². The van der Waals surface area contributed by atoms with Gasteiger partial charge in [0.15, 0.2) is 5.69 Å². The van der Waals surface area contributed by atoms with Crippen molar-refractivity contribution in [1.82, 2.24) is 9.88 Å². The summed E-state index contributed by atoms with van der Waals surface area (Å²) in [5.74, 6) is -0.627. The number of carboxylic acid groups (broad SMARTS) is 1.